The molecule has 0 saturated carbocycles. The van der Waals surface area contributed by atoms with Crippen molar-refractivity contribution in [3.05, 3.63) is 95.1 Å². The fourth-order valence-corrected chi connectivity index (χ4v) is 4.96. The Morgan fingerprint density at radius 1 is 1.00 bits per heavy atom. The molecular formula is C28H26N4O3S. The van der Waals surface area contributed by atoms with E-state index in [1.807, 2.05) is 50.2 Å². The van der Waals surface area contributed by atoms with Crippen LogP contribution in [-0.2, 0) is 9.59 Å². The Morgan fingerprint density at radius 3 is 2.44 bits per heavy atom. The van der Waals surface area contributed by atoms with Crippen molar-refractivity contribution in [2.24, 2.45) is 10.9 Å². The molecule has 0 fully saturated rings. The number of nitriles is 1. The first kappa shape index (κ1) is 25.0. The van der Waals surface area contributed by atoms with Crippen molar-refractivity contribution in [3.8, 4) is 6.07 Å². The molecule has 0 aliphatic carbocycles. The molecule has 1 unspecified atom stereocenters. The van der Waals surface area contributed by atoms with Gasteiger partial charge >= 0.3 is 0 Å². The summed E-state index contributed by atoms with van der Waals surface area (Å²) in [5.74, 6) is -1.42. The molecule has 8 heteroatoms. The van der Waals surface area contributed by atoms with E-state index in [0.717, 1.165) is 16.8 Å². The number of hydrogen-bond acceptors (Lipinski definition) is 6. The summed E-state index contributed by atoms with van der Waals surface area (Å²) in [6.45, 7) is 5.74. The minimum atomic E-state index is -0.782. The van der Waals surface area contributed by atoms with Gasteiger partial charge in [0.15, 0.2) is 0 Å². The zero-order valence-electron chi connectivity index (χ0n) is 20.2. The van der Waals surface area contributed by atoms with E-state index in [0.29, 0.717) is 27.8 Å². The Balaban J connectivity index is 1.58. The minimum Gasteiger partial charge on any atom is -0.469 e. The second-order valence-corrected chi connectivity index (χ2v) is 9.50. The maximum absolute atomic E-state index is 13.3. The molecule has 36 heavy (non-hydrogen) atoms. The normalized spacial score (nSPS) is 17.2. The lowest BCUT2D eigenvalue weighted by Gasteiger charge is -2.28. The molecule has 1 aliphatic rings. The van der Waals surface area contributed by atoms with Gasteiger partial charge in [0.25, 0.3) is 5.91 Å². The third kappa shape index (κ3) is 5.58. The molecule has 2 amide bonds. The summed E-state index contributed by atoms with van der Waals surface area (Å²) in [6, 6.07) is 20.6. The summed E-state index contributed by atoms with van der Waals surface area (Å²) < 4.78 is 5.65. The topological polar surface area (TPSA) is 107 Å². The standard InChI is InChI=1S/C28H26N4O3S/c1-17-11-12-21(14-18(17)2)31-24(33)16-36-28-22(15-29)26(23-10-7-13-35-23)25(19(3)30-28)27(34)32-20-8-5-4-6-9-20/h4-14,22,26H,16H2,1-3H3,(H,31,33)(H,32,34)/t22?,26-/m0/s1. The molecule has 0 radical (unpaired) electrons. The van der Waals surface area contributed by atoms with E-state index in [9.17, 15) is 14.9 Å². The van der Waals surface area contributed by atoms with Crippen LogP contribution in [0, 0.1) is 31.1 Å². The van der Waals surface area contributed by atoms with Crippen molar-refractivity contribution < 1.29 is 14.0 Å². The molecule has 2 atom stereocenters. The second-order valence-electron chi connectivity index (χ2n) is 8.51. The molecule has 2 heterocycles. The zero-order valence-corrected chi connectivity index (χ0v) is 21.1. The Bertz CT molecular complexity index is 1370. The van der Waals surface area contributed by atoms with Crippen LogP contribution >= 0.6 is 11.8 Å². The number of benzene rings is 2. The first-order chi connectivity index (χ1) is 17.4. The first-order valence-electron chi connectivity index (χ1n) is 11.5. The highest BCUT2D eigenvalue weighted by atomic mass is 32.2. The van der Waals surface area contributed by atoms with E-state index in [-0.39, 0.29) is 17.6 Å². The molecule has 1 aromatic heterocycles. The monoisotopic (exact) mass is 498 g/mol. The third-order valence-electron chi connectivity index (χ3n) is 5.98. The maximum atomic E-state index is 13.3. The van der Waals surface area contributed by atoms with E-state index in [2.05, 4.69) is 21.7 Å². The Hall–Kier alpha value is -4.09. The fraction of sp³-hybridized carbons (Fsp3) is 0.214. The van der Waals surface area contributed by atoms with Crippen LogP contribution in [0.2, 0.25) is 0 Å². The van der Waals surface area contributed by atoms with Crippen LogP contribution < -0.4 is 10.6 Å². The van der Waals surface area contributed by atoms with Gasteiger partial charge in [0.2, 0.25) is 5.91 Å². The molecule has 3 aromatic rings. The van der Waals surface area contributed by atoms with Gasteiger partial charge in [-0.05, 0) is 68.3 Å². The van der Waals surface area contributed by atoms with E-state index >= 15 is 0 Å². The molecule has 7 nitrogen and oxygen atoms in total. The number of anilines is 2. The average molecular weight is 499 g/mol. The lowest BCUT2D eigenvalue weighted by atomic mass is 9.81. The fourth-order valence-electron chi connectivity index (χ4n) is 4.04. The van der Waals surface area contributed by atoms with Gasteiger partial charge in [-0.3, -0.25) is 9.59 Å². The van der Waals surface area contributed by atoms with Crippen LogP contribution in [-0.4, -0.2) is 22.6 Å². The zero-order chi connectivity index (χ0) is 25.7. The van der Waals surface area contributed by atoms with Crippen LogP contribution in [0.15, 0.2) is 87.6 Å². The van der Waals surface area contributed by atoms with Crippen LogP contribution in [0.5, 0.6) is 0 Å². The third-order valence-corrected chi connectivity index (χ3v) is 7.03. The van der Waals surface area contributed by atoms with Crippen molar-refractivity contribution in [1.82, 2.24) is 0 Å². The highest BCUT2D eigenvalue weighted by molar-refractivity contribution is 8.14. The van der Waals surface area contributed by atoms with E-state index in [1.54, 1.807) is 31.2 Å². The molecular weight excluding hydrogens is 472 g/mol. The Morgan fingerprint density at radius 2 is 1.78 bits per heavy atom. The van der Waals surface area contributed by atoms with Gasteiger partial charge < -0.3 is 15.1 Å². The Kier molecular flexibility index (Phi) is 7.71. The minimum absolute atomic E-state index is 0.0770. The molecule has 2 N–H and O–H groups in total. The van der Waals surface area contributed by atoms with Crippen LogP contribution in [0.4, 0.5) is 11.4 Å². The van der Waals surface area contributed by atoms with Gasteiger partial charge in [0, 0.05) is 17.1 Å². The molecule has 0 bridgehead atoms. The number of para-hydroxylation sites is 1. The number of rotatable bonds is 6. The van der Waals surface area contributed by atoms with Crippen molar-refractivity contribution in [2.75, 3.05) is 16.4 Å². The molecule has 0 saturated heterocycles. The lowest BCUT2D eigenvalue weighted by molar-refractivity contribution is -0.114. The number of nitrogens with one attached hydrogen (secondary N) is 2. The molecule has 4 rings (SSSR count). The highest BCUT2D eigenvalue weighted by Crippen LogP contribution is 2.41. The number of carbonyl (C=O) groups excluding carboxylic acids is 2. The van der Waals surface area contributed by atoms with Crippen LogP contribution in [0.25, 0.3) is 0 Å². The second kappa shape index (κ2) is 11.1. The van der Waals surface area contributed by atoms with Crippen molar-refractivity contribution in [3.63, 3.8) is 0 Å². The van der Waals surface area contributed by atoms with Gasteiger partial charge in [-0.25, -0.2) is 4.99 Å². The van der Waals surface area contributed by atoms with Gasteiger partial charge in [0.1, 0.15) is 11.7 Å². The summed E-state index contributed by atoms with van der Waals surface area (Å²) in [7, 11) is 0. The predicted molar refractivity (Wildman–Crippen MR) is 143 cm³/mol. The smallest absolute Gasteiger partial charge is 0.254 e. The molecule has 2 aromatic carbocycles. The summed E-state index contributed by atoms with van der Waals surface area (Å²) in [5.41, 5.74) is 4.44. The summed E-state index contributed by atoms with van der Waals surface area (Å²) in [4.78, 5) is 30.6. The van der Waals surface area contributed by atoms with E-state index < -0.39 is 11.8 Å². The summed E-state index contributed by atoms with van der Waals surface area (Å²) >= 11 is 1.20. The number of allylic oxidation sites excluding steroid dienone is 1. The van der Waals surface area contributed by atoms with E-state index in [1.165, 1.54) is 18.0 Å². The number of furan rings is 1. The van der Waals surface area contributed by atoms with Crippen molar-refractivity contribution >= 4 is 40.0 Å². The number of aliphatic imine (C=N–C) groups is 1. The van der Waals surface area contributed by atoms with Crippen molar-refractivity contribution in [1.29, 1.82) is 5.26 Å². The largest absolute Gasteiger partial charge is 0.469 e. The number of carbonyl (C=O) groups is 2. The lowest BCUT2D eigenvalue weighted by Crippen LogP contribution is -2.31. The SMILES string of the molecule is CC1=C(C(=O)Nc2ccccc2)[C@H](c2ccco2)C(C#N)C(SCC(=O)Nc2ccc(C)c(C)c2)=N1. The van der Waals surface area contributed by atoms with Gasteiger partial charge in [0.05, 0.1) is 34.6 Å². The van der Waals surface area contributed by atoms with Crippen LogP contribution in [0.3, 0.4) is 0 Å². The molecule has 1 aliphatic heterocycles. The molecule has 0 spiro atoms. The highest BCUT2D eigenvalue weighted by Gasteiger charge is 2.40. The van der Waals surface area contributed by atoms with E-state index in [4.69, 9.17) is 4.42 Å². The summed E-state index contributed by atoms with van der Waals surface area (Å²) in [6.07, 6.45) is 1.52. The first-order valence-corrected chi connectivity index (χ1v) is 12.4. The number of aryl methyl sites for hydroxylation is 2. The molecule has 182 valence electrons. The van der Waals surface area contributed by atoms with Gasteiger partial charge in [-0.15, -0.1) is 0 Å². The van der Waals surface area contributed by atoms with Gasteiger partial charge in [-0.2, -0.15) is 5.26 Å². The number of amides is 2. The van der Waals surface area contributed by atoms with Gasteiger partial charge in [-0.1, -0.05) is 36.0 Å². The Labute approximate surface area is 214 Å². The maximum Gasteiger partial charge on any atom is 0.254 e. The predicted octanol–water partition coefficient (Wildman–Crippen LogP) is 5.82. The average Bonchev–Trinajstić information content (AvgIpc) is 3.40. The number of thioether (sulfide) groups is 1. The summed E-state index contributed by atoms with van der Waals surface area (Å²) in [5, 5.41) is 16.4. The number of hydrogen-bond donors (Lipinski definition) is 2. The number of nitrogens with zero attached hydrogens (tertiary/aromatic N) is 2. The van der Waals surface area contributed by atoms with Crippen LogP contribution in [0.1, 0.15) is 29.7 Å². The quantitative estimate of drug-likeness (QED) is 0.445. The van der Waals surface area contributed by atoms with Crippen molar-refractivity contribution in [2.45, 2.75) is 26.7 Å².